The second-order valence-corrected chi connectivity index (χ2v) is 11.2. The molecule has 4 rings (SSSR count). The highest BCUT2D eigenvalue weighted by Crippen LogP contribution is 2.44. The van der Waals surface area contributed by atoms with Gasteiger partial charge in [-0.2, -0.15) is 0 Å². The van der Waals surface area contributed by atoms with E-state index in [0.29, 0.717) is 0 Å². The van der Waals surface area contributed by atoms with Gasteiger partial charge in [0, 0.05) is 38.9 Å². The summed E-state index contributed by atoms with van der Waals surface area (Å²) in [6.07, 6.45) is 12.5. The summed E-state index contributed by atoms with van der Waals surface area (Å²) in [5.74, 6) is 0. The van der Waals surface area contributed by atoms with Crippen LogP contribution in [0.5, 0.6) is 0 Å². The van der Waals surface area contributed by atoms with Crippen molar-refractivity contribution in [2.24, 2.45) is 0 Å². The number of rotatable bonds is 6. The minimum atomic E-state index is -0.850. The monoisotopic (exact) mass is 458 g/mol. The molecule has 0 N–H and O–H groups in total. The van der Waals surface area contributed by atoms with E-state index in [4.69, 9.17) is 0 Å². The molecule has 4 nitrogen and oxygen atoms in total. The van der Waals surface area contributed by atoms with Gasteiger partial charge in [-0.3, -0.25) is 19.9 Å². The van der Waals surface area contributed by atoms with Crippen molar-refractivity contribution in [3.8, 4) is 11.1 Å². The first kappa shape index (κ1) is 22.6. The zero-order valence-corrected chi connectivity index (χ0v) is 20.8. The van der Waals surface area contributed by atoms with Crippen molar-refractivity contribution < 1.29 is 0 Å². The maximum atomic E-state index is 4.67. The van der Waals surface area contributed by atoms with Crippen molar-refractivity contribution in [2.45, 2.75) is 38.5 Å². The van der Waals surface area contributed by atoms with E-state index in [0.717, 1.165) is 23.2 Å². The highest BCUT2D eigenvalue weighted by molar-refractivity contribution is 7.71. The third-order valence-electron chi connectivity index (χ3n) is 5.43. The van der Waals surface area contributed by atoms with Gasteiger partial charge in [0.1, 0.15) is 0 Å². The molecule has 0 amide bonds. The summed E-state index contributed by atoms with van der Waals surface area (Å²) in [6.45, 7) is 6.91. The molecular weight excluding hydrogens is 430 g/mol. The molecule has 4 aromatic rings. The fourth-order valence-corrected chi connectivity index (χ4v) is 6.52. The molecule has 2 aromatic heterocycles. The molecule has 1 atom stereocenters. The molecule has 0 radical (unpaired) electrons. The molecule has 162 valence electrons. The van der Waals surface area contributed by atoms with Gasteiger partial charge in [0.05, 0.1) is 23.3 Å². The molecule has 0 fully saturated rings. The third-order valence-corrected chi connectivity index (χ3v) is 8.07. The van der Waals surface area contributed by atoms with Crippen molar-refractivity contribution in [1.29, 1.82) is 0 Å². The van der Waals surface area contributed by atoms with E-state index in [1.54, 1.807) is 24.8 Å². The minimum absolute atomic E-state index is 0.0257. The predicted octanol–water partition coefficient (Wildman–Crippen LogP) is 5.24. The van der Waals surface area contributed by atoms with Crippen LogP contribution >= 0.6 is 17.2 Å². The highest BCUT2D eigenvalue weighted by atomic mass is 31.1. The fourth-order valence-electron chi connectivity index (χ4n) is 4.08. The average Bonchev–Trinajstić information content (AvgIpc) is 2.83. The van der Waals surface area contributed by atoms with Crippen molar-refractivity contribution >= 4 is 28.0 Å². The van der Waals surface area contributed by atoms with Crippen LogP contribution in [0.15, 0.2) is 79.6 Å². The Morgan fingerprint density at radius 2 is 1.44 bits per heavy atom. The summed E-state index contributed by atoms with van der Waals surface area (Å²) in [4.78, 5) is 18.1. The number of nitrogens with zero attached hydrogens (tertiary/aromatic N) is 4. The maximum Gasteiger partial charge on any atom is 0.0877 e. The SMILES string of the molecule is CC(C)(C)c1c(-c2ccccc2)ccc(CP)c1CP(c1cnccn1)c1cnccn1. The van der Waals surface area contributed by atoms with E-state index in [-0.39, 0.29) is 5.41 Å². The first-order chi connectivity index (χ1) is 15.5. The van der Waals surface area contributed by atoms with E-state index in [9.17, 15) is 0 Å². The molecule has 0 spiro atoms. The molecule has 0 aliphatic heterocycles. The second-order valence-electron chi connectivity index (χ2n) is 8.66. The quantitative estimate of drug-likeness (QED) is 0.371. The molecule has 0 bridgehead atoms. The van der Waals surface area contributed by atoms with Crippen molar-refractivity contribution in [2.75, 3.05) is 0 Å². The smallest absolute Gasteiger partial charge is 0.0877 e. The minimum Gasteiger partial charge on any atom is -0.261 e. The molecule has 32 heavy (non-hydrogen) atoms. The average molecular weight is 458 g/mol. The van der Waals surface area contributed by atoms with Gasteiger partial charge >= 0.3 is 0 Å². The van der Waals surface area contributed by atoms with Gasteiger partial charge in [-0.15, -0.1) is 9.24 Å². The Morgan fingerprint density at radius 1 is 0.812 bits per heavy atom. The fraction of sp³-hybridized carbons (Fsp3) is 0.231. The summed E-state index contributed by atoms with van der Waals surface area (Å²) in [5.41, 5.74) is 8.59. The van der Waals surface area contributed by atoms with Crippen LogP contribution < -0.4 is 10.9 Å². The third kappa shape index (κ3) is 4.93. The molecule has 0 saturated carbocycles. The van der Waals surface area contributed by atoms with E-state index in [2.05, 4.69) is 92.4 Å². The lowest BCUT2D eigenvalue weighted by atomic mass is 9.78. The molecule has 2 aromatic carbocycles. The van der Waals surface area contributed by atoms with Crippen molar-refractivity contribution in [1.82, 2.24) is 19.9 Å². The Hall–Kier alpha value is -2.54. The number of aromatic nitrogens is 4. The van der Waals surface area contributed by atoms with Gasteiger partial charge in [0.2, 0.25) is 0 Å². The molecular formula is C26H28N4P2. The summed E-state index contributed by atoms with van der Waals surface area (Å²) in [6, 6.07) is 15.2. The van der Waals surface area contributed by atoms with Gasteiger partial charge in [-0.1, -0.05) is 63.2 Å². The highest BCUT2D eigenvalue weighted by Gasteiger charge is 2.28. The van der Waals surface area contributed by atoms with Crippen LogP contribution in [0.3, 0.4) is 0 Å². The zero-order chi connectivity index (χ0) is 22.6. The maximum absolute atomic E-state index is 4.67. The Labute approximate surface area is 194 Å². The van der Waals surface area contributed by atoms with Crippen LogP contribution in [0.2, 0.25) is 0 Å². The molecule has 0 saturated heterocycles. The summed E-state index contributed by atoms with van der Waals surface area (Å²) >= 11 is 0. The Balaban J connectivity index is 1.93. The Bertz CT molecular complexity index is 1120. The lowest BCUT2D eigenvalue weighted by Gasteiger charge is -2.30. The lowest BCUT2D eigenvalue weighted by molar-refractivity contribution is 0.586. The van der Waals surface area contributed by atoms with Crippen molar-refractivity contribution in [3.63, 3.8) is 0 Å². The van der Waals surface area contributed by atoms with Gasteiger partial charge in [0.15, 0.2) is 0 Å². The van der Waals surface area contributed by atoms with Crippen LogP contribution in [0.1, 0.15) is 37.5 Å². The molecule has 0 aliphatic carbocycles. The van der Waals surface area contributed by atoms with E-state index in [1.807, 2.05) is 12.4 Å². The van der Waals surface area contributed by atoms with Crippen LogP contribution in [-0.2, 0) is 17.7 Å². The van der Waals surface area contributed by atoms with Crippen LogP contribution in [0.25, 0.3) is 11.1 Å². The topological polar surface area (TPSA) is 51.6 Å². The summed E-state index contributed by atoms with van der Waals surface area (Å²) in [5, 5.41) is 0. The summed E-state index contributed by atoms with van der Waals surface area (Å²) < 4.78 is 0. The molecule has 0 aliphatic rings. The van der Waals surface area contributed by atoms with Crippen LogP contribution in [-0.4, -0.2) is 19.9 Å². The normalized spacial score (nSPS) is 11.7. The second kappa shape index (κ2) is 9.94. The Morgan fingerprint density at radius 3 is 1.94 bits per heavy atom. The number of benzene rings is 2. The summed E-state index contributed by atoms with van der Waals surface area (Å²) in [7, 11) is 2.06. The first-order valence-corrected chi connectivity index (χ1v) is 13.0. The van der Waals surface area contributed by atoms with E-state index >= 15 is 0 Å². The number of hydrogen-bond acceptors (Lipinski definition) is 4. The molecule has 6 heteroatoms. The first-order valence-electron chi connectivity index (χ1n) is 10.7. The number of hydrogen-bond donors (Lipinski definition) is 0. The van der Waals surface area contributed by atoms with Gasteiger partial charge in [0.25, 0.3) is 0 Å². The lowest BCUT2D eigenvalue weighted by Crippen LogP contribution is -2.22. The van der Waals surface area contributed by atoms with Crippen LogP contribution in [0, 0.1) is 0 Å². The zero-order valence-electron chi connectivity index (χ0n) is 18.7. The molecule has 2 heterocycles. The van der Waals surface area contributed by atoms with Crippen LogP contribution in [0.4, 0.5) is 0 Å². The largest absolute Gasteiger partial charge is 0.261 e. The standard InChI is InChI=1S/C26H28N4P2/c1-26(2,3)25-21(19-7-5-4-6-8-19)10-9-20(17-31)22(25)18-32(23-15-27-11-13-29-23)24-16-28-12-14-30-24/h4-16H,17-18,31H2,1-3H3. The molecule has 1 unspecified atom stereocenters. The van der Waals surface area contributed by atoms with Gasteiger partial charge < -0.3 is 0 Å². The van der Waals surface area contributed by atoms with Gasteiger partial charge in [-0.25, -0.2) is 0 Å². The van der Waals surface area contributed by atoms with Gasteiger partial charge in [-0.05, 0) is 39.4 Å². The van der Waals surface area contributed by atoms with E-state index < -0.39 is 7.92 Å². The van der Waals surface area contributed by atoms with Crippen molar-refractivity contribution in [3.05, 3.63) is 96.3 Å². The predicted molar refractivity (Wildman–Crippen MR) is 138 cm³/mol. The van der Waals surface area contributed by atoms with E-state index in [1.165, 1.54) is 27.8 Å². The Kier molecular flexibility index (Phi) is 7.04.